The third kappa shape index (κ3) is 3.91. The van der Waals surface area contributed by atoms with Crippen LogP contribution in [0, 0.1) is 16.0 Å². The number of nitrogens with zero attached hydrogens (tertiary/aromatic N) is 2. The summed E-state index contributed by atoms with van der Waals surface area (Å²) < 4.78 is 0. The first-order valence-corrected chi connectivity index (χ1v) is 7.10. The second kappa shape index (κ2) is 6.35. The Bertz CT molecular complexity index is 428. The zero-order valence-electron chi connectivity index (χ0n) is 11.1. The Balaban J connectivity index is 1.92. The molecule has 4 nitrogen and oxygen atoms in total. The highest BCUT2D eigenvalue weighted by atomic mass is 35.5. The van der Waals surface area contributed by atoms with E-state index in [1.165, 1.54) is 25.0 Å². The number of non-ortho nitro benzene ring substituents is 1. The van der Waals surface area contributed by atoms with Gasteiger partial charge in [-0.3, -0.25) is 10.1 Å². The Morgan fingerprint density at radius 3 is 2.47 bits per heavy atom. The van der Waals surface area contributed by atoms with Crippen molar-refractivity contribution in [1.82, 2.24) is 4.90 Å². The quantitative estimate of drug-likeness (QED) is 0.481. The van der Waals surface area contributed by atoms with Crippen LogP contribution in [0.2, 0.25) is 0 Å². The Morgan fingerprint density at radius 1 is 1.37 bits per heavy atom. The molecule has 1 atom stereocenters. The number of nitro groups is 1. The number of nitro benzene ring substituents is 1. The molecule has 0 N–H and O–H groups in total. The average Bonchev–Trinajstić information content (AvgIpc) is 2.41. The zero-order chi connectivity index (χ0) is 13.8. The molecule has 104 valence electrons. The summed E-state index contributed by atoms with van der Waals surface area (Å²) in [7, 11) is 0. The van der Waals surface area contributed by atoms with Crippen molar-refractivity contribution in [3.8, 4) is 0 Å². The van der Waals surface area contributed by atoms with Crippen molar-refractivity contribution in [1.29, 1.82) is 0 Å². The third-order valence-corrected chi connectivity index (χ3v) is 4.15. The van der Waals surface area contributed by atoms with E-state index in [0.29, 0.717) is 0 Å². The van der Waals surface area contributed by atoms with Gasteiger partial charge in [-0.15, -0.1) is 11.6 Å². The van der Waals surface area contributed by atoms with Crippen LogP contribution >= 0.6 is 11.6 Å². The second-order valence-electron chi connectivity index (χ2n) is 5.30. The van der Waals surface area contributed by atoms with Crippen molar-refractivity contribution in [3.63, 3.8) is 0 Å². The smallest absolute Gasteiger partial charge is 0.269 e. The molecule has 1 fully saturated rings. The monoisotopic (exact) mass is 282 g/mol. The Hall–Kier alpha value is -1.13. The third-order valence-electron chi connectivity index (χ3n) is 3.76. The molecule has 0 spiro atoms. The maximum Gasteiger partial charge on any atom is 0.269 e. The number of halogens is 1. The summed E-state index contributed by atoms with van der Waals surface area (Å²) in [5, 5.41) is 10.5. The van der Waals surface area contributed by atoms with Gasteiger partial charge in [0.15, 0.2) is 0 Å². The first-order valence-electron chi connectivity index (χ1n) is 6.67. The number of alkyl halides is 1. The van der Waals surface area contributed by atoms with E-state index < -0.39 is 0 Å². The van der Waals surface area contributed by atoms with Crippen molar-refractivity contribution in [3.05, 3.63) is 39.9 Å². The molecule has 1 unspecified atom stereocenters. The molecular weight excluding hydrogens is 264 g/mol. The zero-order valence-corrected chi connectivity index (χ0v) is 11.8. The summed E-state index contributed by atoms with van der Waals surface area (Å²) in [5.74, 6) is 0.810. The highest BCUT2D eigenvalue weighted by molar-refractivity contribution is 6.21. The van der Waals surface area contributed by atoms with Gasteiger partial charge in [0.25, 0.3) is 5.69 Å². The fourth-order valence-corrected chi connectivity index (χ4v) is 2.72. The van der Waals surface area contributed by atoms with E-state index in [1.54, 1.807) is 12.1 Å². The van der Waals surface area contributed by atoms with Crippen molar-refractivity contribution in [2.45, 2.75) is 25.1 Å². The normalized spacial score (nSPS) is 19.3. The number of rotatable bonds is 4. The lowest BCUT2D eigenvalue weighted by Gasteiger charge is -2.31. The summed E-state index contributed by atoms with van der Waals surface area (Å²) in [4.78, 5) is 12.6. The van der Waals surface area contributed by atoms with Gasteiger partial charge in [-0.25, -0.2) is 0 Å². The van der Waals surface area contributed by atoms with Gasteiger partial charge in [-0.1, -0.05) is 19.1 Å². The maximum absolute atomic E-state index is 10.6. The highest BCUT2D eigenvalue weighted by Gasteiger charge is 2.19. The van der Waals surface area contributed by atoms with Gasteiger partial charge >= 0.3 is 0 Å². The van der Waals surface area contributed by atoms with Crippen LogP contribution in [0.25, 0.3) is 0 Å². The molecule has 5 heteroatoms. The van der Waals surface area contributed by atoms with Gasteiger partial charge in [0.1, 0.15) is 0 Å². The molecule has 1 heterocycles. The molecule has 1 aliphatic rings. The molecule has 0 radical (unpaired) electrons. The van der Waals surface area contributed by atoms with Gasteiger partial charge in [-0.2, -0.15) is 0 Å². The van der Waals surface area contributed by atoms with Crippen LogP contribution in [0.4, 0.5) is 5.69 Å². The number of likely N-dealkylation sites (tertiary alicyclic amines) is 1. The number of piperidine rings is 1. The Kier molecular flexibility index (Phi) is 4.77. The summed E-state index contributed by atoms with van der Waals surface area (Å²) in [5.41, 5.74) is 1.06. The lowest BCUT2D eigenvalue weighted by Crippen LogP contribution is -2.35. The van der Waals surface area contributed by atoms with Crippen LogP contribution in [-0.2, 0) is 0 Å². The molecule has 0 aromatic heterocycles. The van der Waals surface area contributed by atoms with Crippen LogP contribution in [0.3, 0.4) is 0 Å². The molecule has 1 aromatic rings. The van der Waals surface area contributed by atoms with Crippen LogP contribution in [0.5, 0.6) is 0 Å². The molecule has 0 aliphatic carbocycles. The minimum Gasteiger partial charge on any atom is -0.302 e. The molecule has 0 saturated carbocycles. The van der Waals surface area contributed by atoms with E-state index in [9.17, 15) is 10.1 Å². The van der Waals surface area contributed by atoms with Crippen molar-refractivity contribution in [2.24, 2.45) is 5.92 Å². The minimum absolute atomic E-state index is 0.103. The van der Waals surface area contributed by atoms with Gasteiger partial charge in [0.05, 0.1) is 10.3 Å². The van der Waals surface area contributed by atoms with E-state index in [-0.39, 0.29) is 16.0 Å². The Labute approximate surface area is 118 Å². The molecule has 2 rings (SSSR count). The van der Waals surface area contributed by atoms with Crippen LogP contribution in [0.1, 0.15) is 30.7 Å². The number of hydrogen-bond donors (Lipinski definition) is 0. The fourth-order valence-electron chi connectivity index (χ4n) is 2.38. The summed E-state index contributed by atoms with van der Waals surface area (Å²) >= 11 is 6.40. The van der Waals surface area contributed by atoms with Gasteiger partial charge in [0.2, 0.25) is 0 Å². The van der Waals surface area contributed by atoms with Gasteiger partial charge in [0, 0.05) is 18.7 Å². The molecule has 19 heavy (non-hydrogen) atoms. The van der Waals surface area contributed by atoms with E-state index in [2.05, 4.69) is 11.8 Å². The first-order chi connectivity index (χ1) is 9.06. The van der Waals surface area contributed by atoms with E-state index in [4.69, 9.17) is 11.6 Å². The lowest BCUT2D eigenvalue weighted by atomic mass is 9.99. The standard InChI is InChI=1S/C14H19ClN2O2/c1-11-6-8-16(9-7-11)10-14(15)12-2-4-13(5-3-12)17(18)19/h2-5,11,14H,6-10H2,1H3. The molecule has 1 aromatic carbocycles. The largest absolute Gasteiger partial charge is 0.302 e. The van der Waals surface area contributed by atoms with Crippen molar-refractivity contribution in [2.75, 3.05) is 19.6 Å². The minimum atomic E-state index is -0.390. The predicted molar refractivity (Wildman–Crippen MR) is 76.5 cm³/mol. The van der Waals surface area contributed by atoms with E-state index in [1.807, 2.05) is 0 Å². The first kappa shape index (κ1) is 14.3. The van der Waals surface area contributed by atoms with Crippen molar-refractivity contribution < 1.29 is 4.92 Å². The lowest BCUT2D eigenvalue weighted by molar-refractivity contribution is -0.384. The highest BCUT2D eigenvalue weighted by Crippen LogP contribution is 2.26. The molecule has 1 aliphatic heterocycles. The Morgan fingerprint density at radius 2 is 1.95 bits per heavy atom. The second-order valence-corrected chi connectivity index (χ2v) is 5.83. The molecule has 1 saturated heterocycles. The number of hydrogen-bond acceptors (Lipinski definition) is 3. The summed E-state index contributed by atoms with van der Waals surface area (Å²) in [6, 6.07) is 6.54. The predicted octanol–water partition coefficient (Wildman–Crippen LogP) is 3.61. The average molecular weight is 283 g/mol. The van der Waals surface area contributed by atoms with E-state index in [0.717, 1.165) is 31.1 Å². The van der Waals surface area contributed by atoms with Crippen molar-refractivity contribution >= 4 is 17.3 Å². The SMILES string of the molecule is CC1CCN(CC(Cl)c2ccc([N+](=O)[O-])cc2)CC1. The summed E-state index contributed by atoms with van der Waals surface area (Å²) in [6.07, 6.45) is 2.45. The van der Waals surface area contributed by atoms with Crippen LogP contribution < -0.4 is 0 Å². The molecule has 0 bridgehead atoms. The van der Waals surface area contributed by atoms with Gasteiger partial charge < -0.3 is 4.90 Å². The van der Waals surface area contributed by atoms with Crippen LogP contribution in [0.15, 0.2) is 24.3 Å². The molecular formula is C14H19ClN2O2. The topological polar surface area (TPSA) is 46.4 Å². The van der Waals surface area contributed by atoms with Gasteiger partial charge in [-0.05, 0) is 37.4 Å². The number of benzene rings is 1. The van der Waals surface area contributed by atoms with Crippen LogP contribution in [-0.4, -0.2) is 29.5 Å². The maximum atomic E-state index is 10.6. The van der Waals surface area contributed by atoms with E-state index >= 15 is 0 Å². The summed E-state index contributed by atoms with van der Waals surface area (Å²) in [6.45, 7) is 5.28. The fraction of sp³-hybridized carbons (Fsp3) is 0.571. The molecule has 0 amide bonds.